The van der Waals surface area contributed by atoms with Crippen molar-refractivity contribution in [3.8, 4) is 5.75 Å². The summed E-state index contributed by atoms with van der Waals surface area (Å²) >= 11 is 0. The predicted molar refractivity (Wildman–Crippen MR) is 82.7 cm³/mol. The fourth-order valence-electron chi connectivity index (χ4n) is 2.07. The van der Waals surface area contributed by atoms with Gasteiger partial charge in [-0.15, -0.1) is 0 Å². The van der Waals surface area contributed by atoms with Gasteiger partial charge in [0.1, 0.15) is 0 Å². The number of nitro groups is 1. The fourth-order valence-corrected chi connectivity index (χ4v) is 2.07. The lowest BCUT2D eigenvalue weighted by molar-refractivity contribution is -0.385. The van der Waals surface area contributed by atoms with E-state index in [4.69, 9.17) is 9.84 Å². The van der Waals surface area contributed by atoms with Crippen molar-refractivity contribution >= 4 is 17.6 Å². The zero-order valence-corrected chi connectivity index (χ0v) is 13.2. The number of rotatable bonds is 9. The minimum atomic E-state index is -1.00. The van der Waals surface area contributed by atoms with Crippen LogP contribution in [0.1, 0.15) is 37.0 Å². The fraction of sp³-hybridized carbons (Fsp3) is 0.467. The van der Waals surface area contributed by atoms with Crippen LogP contribution in [0.3, 0.4) is 0 Å². The first-order chi connectivity index (χ1) is 10.9. The number of ether oxygens (including phenoxy) is 1. The van der Waals surface area contributed by atoms with Gasteiger partial charge in [-0.25, -0.2) is 0 Å². The van der Waals surface area contributed by atoms with E-state index in [1.54, 1.807) is 6.92 Å². The maximum Gasteiger partial charge on any atom is 0.311 e. The molecule has 1 aromatic rings. The predicted octanol–water partition coefficient (Wildman–Crippen LogP) is 2.32. The van der Waals surface area contributed by atoms with Crippen LogP contribution >= 0.6 is 0 Å². The SMILES string of the molecule is CCCN(CCC(=O)O)C(=O)c1ccc(OCC)c([N+](=O)[O-])c1. The van der Waals surface area contributed by atoms with E-state index >= 15 is 0 Å². The van der Waals surface area contributed by atoms with Gasteiger partial charge >= 0.3 is 11.7 Å². The normalized spacial score (nSPS) is 10.2. The molecule has 0 aliphatic heterocycles. The van der Waals surface area contributed by atoms with E-state index in [1.807, 2.05) is 6.92 Å². The molecule has 1 aromatic carbocycles. The minimum Gasteiger partial charge on any atom is -0.487 e. The number of carboxylic acid groups (broad SMARTS) is 1. The summed E-state index contributed by atoms with van der Waals surface area (Å²) in [6.45, 7) is 4.28. The molecule has 8 nitrogen and oxygen atoms in total. The molecule has 0 aliphatic rings. The van der Waals surface area contributed by atoms with Crippen molar-refractivity contribution in [1.82, 2.24) is 4.90 Å². The Morgan fingerprint density at radius 1 is 1.30 bits per heavy atom. The van der Waals surface area contributed by atoms with Crippen LogP contribution < -0.4 is 4.74 Å². The Morgan fingerprint density at radius 3 is 2.52 bits per heavy atom. The summed E-state index contributed by atoms with van der Waals surface area (Å²) in [6, 6.07) is 4.00. The molecule has 0 heterocycles. The highest BCUT2D eigenvalue weighted by atomic mass is 16.6. The highest BCUT2D eigenvalue weighted by molar-refractivity contribution is 5.95. The highest BCUT2D eigenvalue weighted by Crippen LogP contribution is 2.28. The average Bonchev–Trinajstić information content (AvgIpc) is 2.51. The molecule has 126 valence electrons. The molecule has 0 unspecified atom stereocenters. The summed E-state index contributed by atoms with van der Waals surface area (Å²) in [6.07, 6.45) is 0.481. The molecule has 1 rings (SSSR count). The third-order valence-corrected chi connectivity index (χ3v) is 3.08. The Bertz CT molecular complexity index is 587. The number of carboxylic acids is 1. The van der Waals surface area contributed by atoms with Crippen LogP contribution in [-0.2, 0) is 4.79 Å². The first-order valence-corrected chi connectivity index (χ1v) is 7.33. The van der Waals surface area contributed by atoms with Crippen LogP contribution in [0.5, 0.6) is 5.75 Å². The lowest BCUT2D eigenvalue weighted by Gasteiger charge is -2.21. The molecule has 23 heavy (non-hydrogen) atoms. The van der Waals surface area contributed by atoms with E-state index in [1.165, 1.54) is 17.0 Å². The van der Waals surface area contributed by atoms with Crippen molar-refractivity contribution in [2.24, 2.45) is 0 Å². The first-order valence-electron chi connectivity index (χ1n) is 7.33. The lowest BCUT2D eigenvalue weighted by atomic mass is 10.1. The lowest BCUT2D eigenvalue weighted by Crippen LogP contribution is -2.33. The monoisotopic (exact) mass is 324 g/mol. The summed E-state index contributed by atoms with van der Waals surface area (Å²) < 4.78 is 5.18. The van der Waals surface area contributed by atoms with Gasteiger partial charge < -0.3 is 14.7 Å². The largest absolute Gasteiger partial charge is 0.487 e. The molecule has 0 aromatic heterocycles. The number of benzene rings is 1. The van der Waals surface area contributed by atoms with E-state index < -0.39 is 16.8 Å². The van der Waals surface area contributed by atoms with Crippen LogP contribution in [0.25, 0.3) is 0 Å². The quantitative estimate of drug-likeness (QED) is 0.551. The number of nitro benzene ring substituents is 1. The smallest absolute Gasteiger partial charge is 0.311 e. The van der Waals surface area contributed by atoms with E-state index in [0.717, 1.165) is 6.07 Å². The Morgan fingerprint density at radius 2 is 2.00 bits per heavy atom. The van der Waals surface area contributed by atoms with Gasteiger partial charge in [0, 0.05) is 24.7 Å². The zero-order chi connectivity index (χ0) is 17.4. The minimum absolute atomic E-state index is 0.0585. The Balaban J connectivity index is 3.06. The standard InChI is InChI=1S/C15H20N2O6/c1-3-8-16(9-7-14(18)19)15(20)11-5-6-13(23-4-2)12(10-11)17(21)22/h5-6,10H,3-4,7-9H2,1-2H3,(H,18,19). The van der Waals surface area contributed by atoms with Gasteiger partial charge in [-0.1, -0.05) is 6.92 Å². The Kier molecular flexibility index (Phi) is 6.98. The summed E-state index contributed by atoms with van der Waals surface area (Å²) in [4.78, 5) is 35.0. The molecule has 0 fully saturated rings. The van der Waals surface area contributed by atoms with Crippen molar-refractivity contribution in [3.63, 3.8) is 0 Å². The maximum atomic E-state index is 12.5. The van der Waals surface area contributed by atoms with Gasteiger partial charge in [-0.3, -0.25) is 19.7 Å². The number of aliphatic carboxylic acids is 1. The van der Waals surface area contributed by atoms with Crippen molar-refractivity contribution in [2.75, 3.05) is 19.7 Å². The van der Waals surface area contributed by atoms with Crippen molar-refractivity contribution in [3.05, 3.63) is 33.9 Å². The van der Waals surface area contributed by atoms with Crippen molar-refractivity contribution < 1.29 is 24.4 Å². The molecule has 0 atom stereocenters. The molecule has 1 N–H and O–H groups in total. The number of nitrogens with zero attached hydrogens (tertiary/aromatic N) is 2. The molecule has 0 spiro atoms. The van der Waals surface area contributed by atoms with E-state index in [0.29, 0.717) is 13.0 Å². The molecule has 0 saturated carbocycles. The van der Waals surface area contributed by atoms with Crippen molar-refractivity contribution in [2.45, 2.75) is 26.7 Å². The highest BCUT2D eigenvalue weighted by Gasteiger charge is 2.22. The molecular weight excluding hydrogens is 304 g/mol. The van der Waals surface area contributed by atoms with Gasteiger partial charge in [-0.05, 0) is 25.5 Å². The number of amides is 1. The Hall–Kier alpha value is -2.64. The third kappa shape index (κ3) is 5.24. The van der Waals surface area contributed by atoms with Gasteiger partial charge in [0.05, 0.1) is 18.0 Å². The molecule has 1 amide bonds. The number of carbonyl (C=O) groups excluding carboxylic acids is 1. The number of hydrogen-bond acceptors (Lipinski definition) is 5. The second-order valence-electron chi connectivity index (χ2n) is 4.81. The Labute approximate surface area is 133 Å². The second-order valence-corrected chi connectivity index (χ2v) is 4.81. The molecular formula is C15H20N2O6. The van der Waals surface area contributed by atoms with Crippen molar-refractivity contribution in [1.29, 1.82) is 0 Å². The topological polar surface area (TPSA) is 110 Å². The summed E-state index contributed by atoms with van der Waals surface area (Å²) in [5.41, 5.74) is -0.147. The van der Waals surface area contributed by atoms with Crippen LogP contribution in [0.15, 0.2) is 18.2 Å². The van der Waals surface area contributed by atoms with Crippen LogP contribution in [0.2, 0.25) is 0 Å². The first kappa shape index (κ1) is 18.4. The molecule has 0 bridgehead atoms. The molecule has 0 saturated heterocycles. The van der Waals surface area contributed by atoms with E-state index in [9.17, 15) is 19.7 Å². The average molecular weight is 324 g/mol. The van der Waals surface area contributed by atoms with Crippen LogP contribution in [-0.4, -0.2) is 46.5 Å². The molecule has 0 radical (unpaired) electrons. The van der Waals surface area contributed by atoms with Gasteiger partial charge in [0.25, 0.3) is 5.91 Å². The summed E-state index contributed by atoms with van der Waals surface area (Å²) in [7, 11) is 0. The number of carbonyl (C=O) groups is 2. The van der Waals surface area contributed by atoms with Crippen LogP contribution in [0.4, 0.5) is 5.69 Å². The summed E-state index contributed by atoms with van der Waals surface area (Å²) in [5.74, 6) is -1.34. The second kappa shape index (κ2) is 8.72. The van der Waals surface area contributed by atoms with Gasteiger partial charge in [-0.2, -0.15) is 0 Å². The van der Waals surface area contributed by atoms with Gasteiger partial charge in [0.15, 0.2) is 5.75 Å². The number of hydrogen-bond donors (Lipinski definition) is 1. The maximum absolute atomic E-state index is 12.5. The summed E-state index contributed by atoms with van der Waals surface area (Å²) in [5, 5.41) is 19.9. The third-order valence-electron chi connectivity index (χ3n) is 3.08. The van der Waals surface area contributed by atoms with E-state index in [-0.39, 0.29) is 36.6 Å². The molecule has 8 heteroatoms. The van der Waals surface area contributed by atoms with E-state index in [2.05, 4.69) is 0 Å². The zero-order valence-electron chi connectivity index (χ0n) is 13.2. The molecule has 0 aliphatic carbocycles. The van der Waals surface area contributed by atoms with Gasteiger partial charge in [0.2, 0.25) is 0 Å². The van der Waals surface area contributed by atoms with Crippen LogP contribution in [0, 0.1) is 10.1 Å².